The molecule has 0 aromatic carbocycles. The van der Waals surface area contributed by atoms with Gasteiger partial charge in [-0.25, -0.2) is 0 Å². The average Bonchev–Trinajstić information content (AvgIpc) is 2.02. The Bertz CT molecular complexity index is 139. The Hall–Kier alpha value is -0.0800. The van der Waals surface area contributed by atoms with Crippen molar-refractivity contribution in [2.75, 3.05) is 19.6 Å². The Morgan fingerprint density at radius 3 is 2.31 bits per heavy atom. The first-order chi connectivity index (χ1) is 5.99. The lowest BCUT2D eigenvalue weighted by atomic mass is 9.82. The molecule has 0 saturated carbocycles. The van der Waals surface area contributed by atoms with Crippen LogP contribution in [0.15, 0.2) is 0 Å². The van der Waals surface area contributed by atoms with Crippen molar-refractivity contribution < 1.29 is 0 Å². The minimum atomic E-state index is 0.356. The molecule has 0 aromatic rings. The third kappa shape index (κ3) is 4.10. The van der Waals surface area contributed by atoms with Crippen LogP contribution in [0.2, 0.25) is 0 Å². The molecule has 1 atom stereocenters. The summed E-state index contributed by atoms with van der Waals surface area (Å²) in [5, 5.41) is 0. The van der Waals surface area contributed by atoms with Gasteiger partial charge in [0.15, 0.2) is 0 Å². The van der Waals surface area contributed by atoms with Crippen molar-refractivity contribution in [3.63, 3.8) is 0 Å². The topological polar surface area (TPSA) is 29.3 Å². The molecule has 0 bridgehead atoms. The lowest BCUT2D eigenvalue weighted by Crippen LogP contribution is -2.39. The lowest BCUT2D eigenvalue weighted by molar-refractivity contribution is 0.130. The molecule has 1 heterocycles. The number of hydrogen-bond donors (Lipinski definition) is 1. The minimum absolute atomic E-state index is 0.356. The third-order valence-corrected chi connectivity index (χ3v) is 3.11. The molecule has 1 fully saturated rings. The van der Waals surface area contributed by atoms with E-state index < -0.39 is 0 Å². The molecule has 13 heavy (non-hydrogen) atoms. The first-order valence-electron chi connectivity index (χ1n) is 5.47. The third-order valence-electron chi connectivity index (χ3n) is 3.11. The molecule has 1 rings (SSSR count). The summed E-state index contributed by atoms with van der Waals surface area (Å²) >= 11 is 0. The zero-order chi connectivity index (χ0) is 9.90. The van der Waals surface area contributed by atoms with Crippen LogP contribution in [-0.2, 0) is 0 Å². The fourth-order valence-electron chi connectivity index (χ4n) is 1.77. The summed E-state index contributed by atoms with van der Waals surface area (Å²) in [4.78, 5) is 2.55. The van der Waals surface area contributed by atoms with Crippen LogP contribution in [0.3, 0.4) is 0 Å². The Balaban J connectivity index is 2.18. The normalized spacial score (nSPS) is 25.8. The van der Waals surface area contributed by atoms with E-state index in [1.165, 1.54) is 32.5 Å². The fourth-order valence-corrected chi connectivity index (χ4v) is 1.77. The van der Waals surface area contributed by atoms with E-state index in [1.807, 2.05) is 0 Å². The van der Waals surface area contributed by atoms with Crippen molar-refractivity contribution in [1.82, 2.24) is 4.90 Å². The van der Waals surface area contributed by atoms with Crippen molar-refractivity contribution in [3.05, 3.63) is 0 Å². The largest absolute Gasteiger partial charge is 0.328 e. The number of likely N-dealkylation sites (tertiary alicyclic amines) is 1. The first-order valence-corrected chi connectivity index (χ1v) is 5.47. The second-order valence-electron chi connectivity index (χ2n) is 5.27. The number of nitrogens with zero attached hydrogens (tertiary/aromatic N) is 1. The van der Waals surface area contributed by atoms with Crippen LogP contribution >= 0.6 is 0 Å². The van der Waals surface area contributed by atoms with E-state index in [4.69, 9.17) is 5.73 Å². The van der Waals surface area contributed by atoms with Gasteiger partial charge in [-0.15, -0.1) is 0 Å². The Morgan fingerprint density at radius 2 is 1.85 bits per heavy atom. The predicted octanol–water partition coefficient (Wildman–Crippen LogP) is 1.85. The van der Waals surface area contributed by atoms with Gasteiger partial charge in [0, 0.05) is 6.04 Å². The highest BCUT2D eigenvalue weighted by Crippen LogP contribution is 2.29. The summed E-state index contributed by atoms with van der Waals surface area (Å²) in [7, 11) is 0. The summed E-state index contributed by atoms with van der Waals surface area (Å²) in [5.74, 6) is 0. The second kappa shape index (κ2) is 4.43. The fraction of sp³-hybridized carbons (Fsp3) is 1.00. The van der Waals surface area contributed by atoms with Crippen LogP contribution < -0.4 is 5.73 Å². The van der Waals surface area contributed by atoms with Crippen molar-refractivity contribution in [1.29, 1.82) is 0 Å². The highest BCUT2D eigenvalue weighted by Gasteiger charge is 2.24. The van der Waals surface area contributed by atoms with Gasteiger partial charge >= 0.3 is 0 Å². The first kappa shape index (κ1) is 11.0. The van der Waals surface area contributed by atoms with Gasteiger partial charge in [0.25, 0.3) is 0 Å². The van der Waals surface area contributed by atoms with Crippen LogP contribution in [0.5, 0.6) is 0 Å². The van der Waals surface area contributed by atoms with E-state index >= 15 is 0 Å². The molecular formula is C11H24N2. The van der Waals surface area contributed by atoms with Gasteiger partial charge in [0.05, 0.1) is 0 Å². The zero-order valence-electron chi connectivity index (χ0n) is 9.34. The molecule has 0 amide bonds. The minimum Gasteiger partial charge on any atom is -0.328 e. The molecule has 2 nitrogen and oxygen atoms in total. The average molecular weight is 184 g/mol. The van der Waals surface area contributed by atoms with Crippen LogP contribution in [0.1, 0.15) is 40.0 Å². The number of hydrogen-bond acceptors (Lipinski definition) is 2. The molecule has 2 N–H and O–H groups in total. The van der Waals surface area contributed by atoms with E-state index in [0.717, 1.165) is 6.42 Å². The maximum atomic E-state index is 5.74. The maximum Gasteiger partial charge on any atom is 0.00226 e. The lowest BCUT2D eigenvalue weighted by Gasteiger charge is -2.37. The molecule has 1 unspecified atom stereocenters. The van der Waals surface area contributed by atoms with E-state index in [1.54, 1.807) is 0 Å². The molecule has 1 aliphatic rings. The standard InChI is InChI=1S/C11H24N2/c1-10(12)4-7-13-8-5-11(2,3)6-9-13/h10H,4-9,12H2,1-3H3. The predicted molar refractivity (Wildman–Crippen MR) is 57.7 cm³/mol. The van der Waals surface area contributed by atoms with Crippen LogP contribution in [0.25, 0.3) is 0 Å². The van der Waals surface area contributed by atoms with E-state index in [0.29, 0.717) is 11.5 Å². The van der Waals surface area contributed by atoms with Gasteiger partial charge in [-0.3, -0.25) is 0 Å². The second-order valence-corrected chi connectivity index (χ2v) is 5.27. The summed E-state index contributed by atoms with van der Waals surface area (Å²) in [6.45, 7) is 10.5. The molecule has 0 aliphatic carbocycles. The highest BCUT2D eigenvalue weighted by molar-refractivity contribution is 4.78. The summed E-state index contributed by atoms with van der Waals surface area (Å²) in [6, 6.07) is 0.356. The van der Waals surface area contributed by atoms with E-state index in [2.05, 4.69) is 25.7 Å². The maximum absolute atomic E-state index is 5.74. The molecule has 78 valence electrons. The van der Waals surface area contributed by atoms with Gasteiger partial charge in [-0.1, -0.05) is 13.8 Å². The number of piperidine rings is 1. The van der Waals surface area contributed by atoms with Crippen LogP contribution in [0, 0.1) is 5.41 Å². The van der Waals surface area contributed by atoms with Gasteiger partial charge in [0.1, 0.15) is 0 Å². The molecule has 2 heteroatoms. The zero-order valence-corrected chi connectivity index (χ0v) is 9.34. The summed E-state index contributed by atoms with van der Waals surface area (Å²) in [5.41, 5.74) is 6.31. The van der Waals surface area contributed by atoms with Crippen molar-refractivity contribution in [2.24, 2.45) is 11.1 Å². The molecule has 1 saturated heterocycles. The number of nitrogens with two attached hydrogens (primary N) is 1. The highest BCUT2D eigenvalue weighted by atomic mass is 15.1. The van der Waals surface area contributed by atoms with Crippen LogP contribution in [0.4, 0.5) is 0 Å². The van der Waals surface area contributed by atoms with Gasteiger partial charge in [-0.05, 0) is 51.2 Å². The van der Waals surface area contributed by atoms with Gasteiger partial charge < -0.3 is 10.6 Å². The summed E-state index contributed by atoms with van der Waals surface area (Å²) in [6.07, 6.45) is 3.82. The quantitative estimate of drug-likeness (QED) is 0.725. The van der Waals surface area contributed by atoms with Gasteiger partial charge in [-0.2, -0.15) is 0 Å². The van der Waals surface area contributed by atoms with Crippen molar-refractivity contribution in [3.8, 4) is 0 Å². The molecule has 0 spiro atoms. The Kier molecular flexibility index (Phi) is 3.74. The Labute approximate surface area is 82.5 Å². The van der Waals surface area contributed by atoms with Crippen molar-refractivity contribution in [2.45, 2.75) is 46.1 Å². The summed E-state index contributed by atoms with van der Waals surface area (Å²) < 4.78 is 0. The van der Waals surface area contributed by atoms with Crippen LogP contribution in [-0.4, -0.2) is 30.6 Å². The molecule has 1 aliphatic heterocycles. The molecule has 0 aromatic heterocycles. The number of rotatable bonds is 3. The molecule has 0 radical (unpaired) electrons. The monoisotopic (exact) mass is 184 g/mol. The van der Waals surface area contributed by atoms with E-state index in [9.17, 15) is 0 Å². The van der Waals surface area contributed by atoms with Crippen molar-refractivity contribution >= 4 is 0 Å². The SMILES string of the molecule is CC(N)CCN1CCC(C)(C)CC1. The van der Waals surface area contributed by atoms with Gasteiger partial charge in [0.2, 0.25) is 0 Å². The van der Waals surface area contributed by atoms with E-state index in [-0.39, 0.29) is 0 Å². The Morgan fingerprint density at radius 1 is 1.31 bits per heavy atom. The smallest absolute Gasteiger partial charge is 0.00226 e. The molecular weight excluding hydrogens is 160 g/mol.